The zero-order chi connectivity index (χ0) is 20.2. The Balaban J connectivity index is 1.34. The van der Waals surface area contributed by atoms with Gasteiger partial charge in [-0.1, -0.05) is 30.3 Å². The Kier molecular flexibility index (Phi) is 5.29. The molecule has 0 fully saturated rings. The van der Waals surface area contributed by atoms with E-state index in [0.717, 1.165) is 22.2 Å². The van der Waals surface area contributed by atoms with Crippen LogP contribution >= 0.6 is 0 Å². The lowest BCUT2D eigenvalue weighted by Gasteiger charge is -2.12. The molecule has 7 heteroatoms. The van der Waals surface area contributed by atoms with E-state index in [1.165, 1.54) is 23.0 Å². The number of rotatable bonds is 6. The van der Waals surface area contributed by atoms with E-state index in [1.54, 1.807) is 11.0 Å². The van der Waals surface area contributed by atoms with Gasteiger partial charge in [0.15, 0.2) is 0 Å². The number of carbonyl (C=O) groups excluding carboxylic acids is 1. The number of nitrogens with zero attached hydrogens (tertiary/aromatic N) is 3. The Labute approximate surface area is 169 Å². The Hall–Kier alpha value is -3.61. The number of hydrogen-bond donors (Lipinski definition) is 3. The summed E-state index contributed by atoms with van der Waals surface area (Å²) in [5.74, 6) is 0. The minimum Gasteiger partial charge on any atom is -0.358 e. The van der Waals surface area contributed by atoms with Gasteiger partial charge in [0.25, 0.3) is 0 Å². The number of aryl methyl sites for hydroxylation is 2. The van der Waals surface area contributed by atoms with Crippen molar-refractivity contribution in [3.05, 3.63) is 83.1 Å². The van der Waals surface area contributed by atoms with Crippen molar-refractivity contribution in [1.82, 2.24) is 30.4 Å². The number of aromatic amines is 1. The number of nitrogens with one attached hydrogen (secondary N) is 3. The summed E-state index contributed by atoms with van der Waals surface area (Å²) in [5, 5.41) is 11.2. The first-order valence-corrected chi connectivity index (χ1v) is 9.59. The molecule has 2 amide bonds. The van der Waals surface area contributed by atoms with Gasteiger partial charge < -0.3 is 15.6 Å². The van der Waals surface area contributed by atoms with E-state index in [2.05, 4.69) is 51.7 Å². The summed E-state index contributed by atoms with van der Waals surface area (Å²) in [6.07, 6.45) is 3.20. The highest BCUT2D eigenvalue weighted by Gasteiger charge is 2.08. The van der Waals surface area contributed by atoms with E-state index in [9.17, 15) is 4.79 Å². The van der Waals surface area contributed by atoms with Crippen LogP contribution in [0.2, 0.25) is 0 Å². The fourth-order valence-electron chi connectivity index (χ4n) is 3.41. The number of aromatic nitrogens is 4. The van der Waals surface area contributed by atoms with Gasteiger partial charge >= 0.3 is 6.03 Å². The van der Waals surface area contributed by atoms with E-state index in [4.69, 9.17) is 0 Å². The quantitative estimate of drug-likeness (QED) is 0.473. The minimum atomic E-state index is -0.192. The number of fused-ring (bicyclic) bond motifs is 1. The molecule has 0 radical (unpaired) electrons. The molecule has 4 rings (SSSR count). The van der Waals surface area contributed by atoms with Crippen LogP contribution in [0.3, 0.4) is 0 Å². The third-order valence-corrected chi connectivity index (χ3v) is 5.18. The van der Waals surface area contributed by atoms with Crippen molar-refractivity contribution in [2.75, 3.05) is 0 Å². The normalized spacial score (nSPS) is 11.0. The fourth-order valence-corrected chi connectivity index (χ4v) is 3.41. The highest BCUT2D eigenvalue weighted by atomic mass is 16.2. The molecule has 148 valence electrons. The average Bonchev–Trinajstić information content (AvgIpc) is 3.34. The summed E-state index contributed by atoms with van der Waals surface area (Å²) in [6, 6.07) is 14.0. The maximum atomic E-state index is 12.3. The molecule has 0 unspecified atom stereocenters. The predicted molar refractivity (Wildman–Crippen MR) is 112 cm³/mol. The molecule has 0 aliphatic heterocycles. The van der Waals surface area contributed by atoms with Gasteiger partial charge in [0.1, 0.15) is 12.7 Å². The van der Waals surface area contributed by atoms with E-state index >= 15 is 0 Å². The van der Waals surface area contributed by atoms with Crippen LogP contribution in [0.4, 0.5) is 4.79 Å². The van der Waals surface area contributed by atoms with Crippen LogP contribution in [0.15, 0.2) is 55.1 Å². The molecule has 3 N–H and O–H groups in total. The van der Waals surface area contributed by atoms with Crippen molar-refractivity contribution in [3.8, 4) is 0 Å². The van der Waals surface area contributed by atoms with Crippen LogP contribution in [-0.2, 0) is 19.6 Å². The van der Waals surface area contributed by atoms with Crippen LogP contribution < -0.4 is 10.6 Å². The van der Waals surface area contributed by atoms with Crippen molar-refractivity contribution in [3.63, 3.8) is 0 Å². The topological polar surface area (TPSA) is 87.6 Å². The Morgan fingerprint density at radius 3 is 2.66 bits per heavy atom. The molecule has 2 aromatic heterocycles. The molecule has 0 aliphatic carbocycles. The summed E-state index contributed by atoms with van der Waals surface area (Å²) < 4.78 is 1.76. The lowest BCUT2D eigenvalue weighted by molar-refractivity contribution is 0.240. The minimum absolute atomic E-state index is 0.192. The van der Waals surface area contributed by atoms with E-state index in [1.807, 2.05) is 30.3 Å². The van der Waals surface area contributed by atoms with Gasteiger partial charge in [-0.25, -0.2) is 14.5 Å². The number of hydrogen-bond acceptors (Lipinski definition) is 3. The molecule has 0 bridgehead atoms. The Morgan fingerprint density at radius 1 is 1.07 bits per heavy atom. The van der Waals surface area contributed by atoms with Crippen LogP contribution in [-0.4, -0.2) is 25.8 Å². The zero-order valence-electron chi connectivity index (χ0n) is 16.6. The average molecular weight is 388 g/mol. The standard InChI is InChI=1S/C22H24N6O/c1-15-16(2)27-21-8-7-17(9-20(15)21)10-24-22(29)25-11-18-5-3-4-6-19(18)12-28-14-23-13-26-28/h3-9,13-14,27H,10-12H2,1-2H3,(H2,24,25,29). The molecule has 7 nitrogen and oxygen atoms in total. The van der Waals surface area contributed by atoms with E-state index in [-0.39, 0.29) is 6.03 Å². The lowest BCUT2D eigenvalue weighted by atomic mass is 10.1. The molecule has 0 saturated heterocycles. The predicted octanol–water partition coefficient (Wildman–Crippen LogP) is 3.42. The smallest absolute Gasteiger partial charge is 0.315 e. The first-order chi connectivity index (χ1) is 14.1. The molecule has 4 aromatic rings. The third kappa shape index (κ3) is 4.29. The van der Waals surface area contributed by atoms with Gasteiger partial charge in [0.2, 0.25) is 0 Å². The third-order valence-electron chi connectivity index (χ3n) is 5.18. The van der Waals surface area contributed by atoms with Gasteiger partial charge in [0.05, 0.1) is 6.54 Å². The highest BCUT2D eigenvalue weighted by molar-refractivity contribution is 5.85. The molecule has 0 aliphatic rings. The zero-order valence-corrected chi connectivity index (χ0v) is 16.6. The van der Waals surface area contributed by atoms with E-state index < -0.39 is 0 Å². The summed E-state index contributed by atoms with van der Waals surface area (Å²) in [5.41, 5.74) is 6.77. The lowest BCUT2D eigenvalue weighted by Crippen LogP contribution is -2.34. The molecular formula is C22H24N6O. The summed E-state index contributed by atoms with van der Waals surface area (Å²) in [4.78, 5) is 19.6. The monoisotopic (exact) mass is 388 g/mol. The van der Waals surface area contributed by atoms with Crippen molar-refractivity contribution in [2.24, 2.45) is 0 Å². The van der Waals surface area contributed by atoms with Crippen LogP contribution in [0.25, 0.3) is 10.9 Å². The van der Waals surface area contributed by atoms with Crippen molar-refractivity contribution in [2.45, 2.75) is 33.5 Å². The van der Waals surface area contributed by atoms with E-state index in [0.29, 0.717) is 19.6 Å². The highest BCUT2D eigenvalue weighted by Crippen LogP contribution is 2.22. The van der Waals surface area contributed by atoms with Crippen LogP contribution in [0, 0.1) is 13.8 Å². The van der Waals surface area contributed by atoms with Gasteiger partial charge in [-0.3, -0.25) is 0 Å². The maximum Gasteiger partial charge on any atom is 0.315 e. The molecule has 0 saturated carbocycles. The van der Waals surface area contributed by atoms with Gasteiger partial charge in [-0.05, 0) is 48.2 Å². The molecule has 0 spiro atoms. The molecule has 2 heterocycles. The summed E-state index contributed by atoms with van der Waals surface area (Å²) >= 11 is 0. The Morgan fingerprint density at radius 2 is 1.86 bits per heavy atom. The number of amides is 2. The molecule has 2 aromatic carbocycles. The molecule has 29 heavy (non-hydrogen) atoms. The number of H-pyrrole nitrogens is 1. The van der Waals surface area contributed by atoms with Crippen molar-refractivity contribution in [1.29, 1.82) is 0 Å². The number of carbonyl (C=O) groups is 1. The number of benzene rings is 2. The van der Waals surface area contributed by atoms with Gasteiger partial charge in [-0.15, -0.1) is 0 Å². The second kappa shape index (κ2) is 8.18. The van der Waals surface area contributed by atoms with Crippen LogP contribution in [0.1, 0.15) is 27.9 Å². The SMILES string of the molecule is Cc1[nH]c2ccc(CNC(=O)NCc3ccccc3Cn3cncn3)cc2c1C. The molecular weight excluding hydrogens is 364 g/mol. The fraction of sp³-hybridized carbons (Fsp3) is 0.227. The largest absolute Gasteiger partial charge is 0.358 e. The van der Waals surface area contributed by atoms with Crippen molar-refractivity contribution < 1.29 is 4.79 Å². The first kappa shape index (κ1) is 18.7. The second-order valence-corrected chi connectivity index (χ2v) is 7.15. The molecule has 0 atom stereocenters. The second-order valence-electron chi connectivity index (χ2n) is 7.15. The summed E-state index contributed by atoms with van der Waals surface area (Å²) in [7, 11) is 0. The maximum absolute atomic E-state index is 12.3. The summed E-state index contributed by atoms with van der Waals surface area (Å²) in [6.45, 7) is 5.73. The van der Waals surface area contributed by atoms with Gasteiger partial charge in [-0.2, -0.15) is 5.10 Å². The first-order valence-electron chi connectivity index (χ1n) is 9.59. The van der Waals surface area contributed by atoms with Crippen LogP contribution in [0.5, 0.6) is 0 Å². The van der Waals surface area contributed by atoms with Gasteiger partial charge in [0, 0.05) is 29.7 Å². The Bertz CT molecular complexity index is 1130. The number of urea groups is 1. The van der Waals surface area contributed by atoms with Crippen molar-refractivity contribution >= 4 is 16.9 Å².